The van der Waals surface area contributed by atoms with Crippen molar-refractivity contribution < 1.29 is 9.18 Å². The van der Waals surface area contributed by atoms with Crippen LogP contribution in [0.4, 0.5) is 4.39 Å². The lowest BCUT2D eigenvalue weighted by molar-refractivity contribution is -0.128. The van der Waals surface area contributed by atoms with Crippen molar-refractivity contribution in [3.63, 3.8) is 0 Å². The largest absolute Gasteiger partial charge is 0.348 e. The maximum Gasteiger partial charge on any atom is 0.307 e. The van der Waals surface area contributed by atoms with Gasteiger partial charge in [0.2, 0.25) is 0 Å². The van der Waals surface area contributed by atoms with Gasteiger partial charge in [0.05, 0.1) is 12.7 Å². The van der Waals surface area contributed by atoms with Gasteiger partial charge in [0.15, 0.2) is 0 Å². The average molecular weight is 128 g/mol. The fourth-order valence-corrected chi connectivity index (χ4v) is 0.531. The molecule has 0 saturated heterocycles. The van der Waals surface area contributed by atoms with E-state index in [1.54, 1.807) is 0 Å². The zero-order valence-electron chi connectivity index (χ0n) is 4.60. The summed E-state index contributed by atoms with van der Waals surface area (Å²) in [5.41, 5.74) is 0.502. The van der Waals surface area contributed by atoms with Crippen LogP contribution >= 0.6 is 0 Å². The summed E-state index contributed by atoms with van der Waals surface area (Å²) in [5, 5.41) is 0. The van der Waals surface area contributed by atoms with Crippen molar-refractivity contribution in [2.75, 3.05) is 0 Å². The molecule has 48 valence electrons. The van der Waals surface area contributed by atoms with Crippen LogP contribution in [0.5, 0.6) is 0 Å². The smallest absolute Gasteiger partial charge is 0.307 e. The van der Waals surface area contributed by atoms with Gasteiger partial charge in [0, 0.05) is 11.9 Å². The summed E-state index contributed by atoms with van der Waals surface area (Å²) in [5.74, 6) is 0. The zero-order valence-corrected chi connectivity index (χ0v) is 4.60. The Labute approximate surface area is 50.9 Å². The molecule has 9 heavy (non-hydrogen) atoms. The molecule has 0 unspecified atom stereocenters. The molecular weight excluding hydrogens is 123 g/mol. The lowest BCUT2D eigenvalue weighted by atomic mass is 10.3. The van der Waals surface area contributed by atoms with E-state index in [0.29, 0.717) is 5.69 Å². The number of aromatic nitrogens is 2. The highest BCUT2D eigenvalue weighted by atomic mass is 19.1. The van der Waals surface area contributed by atoms with Crippen LogP contribution in [0, 0.1) is 0 Å². The van der Waals surface area contributed by atoms with Crippen molar-refractivity contribution in [3.8, 4) is 0 Å². The van der Waals surface area contributed by atoms with Crippen molar-refractivity contribution in [3.05, 3.63) is 18.2 Å². The van der Waals surface area contributed by atoms with Gasteiger partial charge < -0.3 is 4.98 Å². The Morgan fingerprint density at radius 1 is 1.89 bits per heavy atom. The Morgan fingerprint density at radius 3 is 3.11 bits per heavy atom. The van der Waals surface area contributed by atoms with Crippen molar-refractivity contribution in [2.45, 2.75) is 6.42 Å². The number of aromatic amines is 1. The minimum absolute atomic E-state index is 0.208. The summed E-state index contributed by atoms with van der Waals surface area (Å²) in [7, 11) is 0. The van der Waals surface area contributed by atoms with E-state index in [2.05, 4.69) is 9.97 Å². The van der Waals surface area contributed by atoms with Crippen molar-refractivity contribution in [1.29, 1.82) is 0 Å². The number of hydrogen-bond donors (Lipinski definition) is 1. The molecule has 4 heteroatoms. The first-order chi connectivity index (χ1) is 4.29. The van der Waals surface area contributed by atoms with E-state index < -0.39 is 6.04 Å². The van der Waals surface area contributed by atoms with Crippen LogP contribution in [0.15, 0.2) is 12.5 Å². The van der Waals surface area contributed by atoms with Gasteiger partial charge in [-0.25, -0.2) is 4.98 Å². The van der Waals surface area contributed by atoms with Crippen LogP contribution in [0.3, 0.4) is 0 Å². The van der Waals surface area contributed by atoms with E-state index in [0.717, 1.165) is 0 Å². The normalized spacial score (nSPS) is 9.44. The summed E-state index contributed by atoms with van der Waals surface area (Å²) < 4.78 is 11.6. The fraction of sp³-hybridized carbons (Fsp3) is 0.200. The summed E-state index contributed by atoms with van der Waals surface area (Å²) in [6.07, 6.45) is 2.61. The summed E-state index contributed by atoms with van der Waals surface area (Å²) in [4.78, 5) is 16.0. The molecule has 0 aromatic carbocycles. The molecule has 0 atom stereocenters. The van der Waals surface area contributed by atoms with Crippen LogP contribution in [-0.2, 0) is 11.2 Å². The molecular formula is C5H5FN2O. The first-order valence-electron chi connectivity index (χ1n) is 2.44. The molecule has 1 aromatic rings. The molecule has 0 aliphatic rings. The Kier molecular flexibility index (Phi) is 1.58. The Morgan fingerprint density at radius 2 is 2.67 bits per heavy atom. The van der Waals surface area contributed by atoms with Gasteiger partial charge in [-0.15, -0.1) is 0 Å². The molecule has 0 spiro atoms. The number of hydrogen-bond acceptors (Lipinski definition) is 2. The van der Waals surface area contributed by atoms with Gasteiger partial charge in [-0.3, -0.25) is 4.79 Å². The number of H-pyrrole nitrogens is 1. The van der Waals surface area contributed by atoms with E-state index in [9.17, 15) is 9.18 Å². The highest BCUT2D eigenvalue weighted by Crippen LogP contribution is 1.92. The molecule has 1 N–H and O–H groups in total. The third-order valence-corrected chi connectivity index (χ3v) is 0.884. The van der Waals surface area contributed by atoms with Gasteiger partial charge in [-0.05, 0) is 0 Å². The second kappa shape index (κ2) is 2.39. The molecule has 0 saturated carbocycles. The second-order valence-corrected chi connectivity index (χ2v) is 1.61. The van der Waals surface area contributed by atoms with Crippen LogP contribution in [0.1, 0.15) is 5.69 Å². The van der Waals surface area contributed by atoms with Crippen molar-refractivity contribution in [2.24, 2.45) is 0 Å². The predicted octanol–water partition coefficient (Wildman–Crippen LogP) is 0.448. The standard InChI is InChI=1S/C5H5FN2O/c6-5(9)1-4-2-7-3-8-4/h2-3H,1H2,(H,7,8). The van der Waals surface area contributed by atoms with Crippen molar-refractivity contribution in [1.82, 2.24) is 9.97 Å². The molecule has 3 nitrogen and oxygen atoms in total. The van der Waals surface area contributed by atoms with E-state index in [4.69, 9.17) is 0 Å². The lowest BCUT2D eigenvalue weighted by Gasteiger charge is -1.83. The molecule has 0 radical (unpaired) electrons. The molecule has 1 rings (SSSR count). The van der Waals surface area contributed by atoms with Gasteiger partial charge in [-0.2, -0.15) is 4.39 Å². The number of halogens is 1. The van der Waals surface area contributed by atoms with Crippen LogP contribution < -0.4 is 0 Å². The van der Waals surface area contributed by atoms with Gasteiger partial charge in [0.1, 0.15) is 0 Å². The molecule has 0 aliphatic heterocycles. The third kappa shape index (κ3) is 1.64. The van der Waals surface area contributed by atoms with Crippen LogP contribution in [0.25, 0.3) is 0 Å². The highest BCUT2D eigenvalue weighted by Gasteiger charge is 1.99. The van der Waals surface area contributed by atoms with Gasteiger partial charge in [-0.1, -0.05) is 0 Å². The number of imidazole rings is 1. The fourth-order valence-electron chi connectivity index (χ4n) is 0.531. The van der Waals surface area contributed by atoms with E-state index in [1.165, 1.54) is 12.5 Å². The number of carbonyl (C=O) groups excluding carboxylic acids is 1. The van der Waals surface area contributed by atoms with E-state index >= 15 is 0 Å². The SMILES string of the molecule is O=C(F)Cc1cnc[nH]1. The maximum absolute atomic E-state index is 11.6. The minimum Gasteiger partial charge on any atom is -0.348 e. The van der Waals surface area contributed by atoms with Crippen LogP contribution in [0.2, 0.25) is 0 Å². The summed E-state index contributed by atoms with van der Waals surface area (Å²) in [6.45, 7) is 0. The lowest BCUT2D eigenvalue weighted by Crippen LogP contribution is -1.93. The average Bonchev–Trinajstić information content (AvgIpc) is 2.15. The molecule has 0 fully saturated rings. The second-order valence-electron chi connectivity index (χ2n) is 1.61. The summed E-state index contributed by atoms with van der Waals surface area (Å²) in [6, 6.07) is -1.35. The van der Waals surface area contributed by atoms with Crippen LogP contribution in [-0.4, -0.2) is 16.0 Å². The molecule has 1 aromatic heterocycles. The van der Waals surface area contributed by atoms with E-state index in [1.807, 2.05) is 0 Å². The number of carbonyl (C=O) groups is 1. The number of nitrogens with zero attached hydrogens (tertiary/aromatic N) is 1. The number of rotatable bonds is 2. The first-order valence-corrected chi connectivity index (χ1v) is 2.44. The Bertz CT molecular complexity index is 195. The monoisotopic (exact) mass is 128 g/mol. The predicted molar refractivity (Wildman–Crippen MR) is 28.4 cm³/mol. The number of nitrogens with one attached hydrogen (secondary N) is 1. The molecule has 1 heterocycles. The minimum atomic E-state index is -1.35. The van der Waals surface area contributed by atoms with Gasteiger partial charge >= 0.3 is 6.04 Å². The Hall–Kier alpha value is -1.19. The van der Waals surface area contributed by atoms with E-state index in [-0.39, 0.29) is 6.42 Å². The summed E-state index contributed by atoms with van der Waals surface area (Å²) >= 11 is 0. The topological polar surface area (TPSA) is 45.8 Å². The van der Waals surface area contributed by atoms with Crippen molar-refractivity contribution >= 4 is 6.04 Å². The molecule has 0 bridgehead atoms. The highest BCUT2D eigenvalue weighted by molar-refractivity contribution is 5.70. The Balaban J connectivity index is 2.58. The van der Waals surface area contributed by atoms with Gasteiger partial charge in [0.25, 0.3) is 0 Å². The first kappa shape index (κ1) is 5.94. The molecule has 0 amide bonds. The molecule has 0 aliphatic carbocycles. The third-order valence-electron chi connectivity index (χ3n) is 0.884. The quantitative estimate of drug-likeness (QED) is 0.587. The zero-order chi connectivity index (χ0) is 6.69. The maximum atomic E-state index is 11.6.